The minimum absolute atomic E-state index is 0.0219. The van der Waals surface area contributed by atoms with Crippen LogP contribution in [0.1, 0.15) is 27.5 Å². The number of aromatic nitrogens is 4. The van der Waals surface area contributed by atoms with Crippen LogP contribution in [0.3, 0.4) is 0 Å². The van der Waals surface area contributed by atoms with E-state index in [4.69, 9.17) is 16.0 Å². The highest BCUT2D eigenvalue weighted by atomic mass is 35.5. The molecule has 0 amide bonds. The van der Waals surface area contributed by atoms with Crippen molar-refractivity contribution in [1.29, 1.82) is 0 Å². The molecule has 0 aliphatic heterocycles. The molecule has 0 fully saturated rings. The lowest BCUT2D eigenvalue weighted by atomic mass is 10.1. The van der Waals surface area contributed by atoms with Crippen molar-refractivity contribution in [3.63, 3.8) is 0 Å². The van der Waals surface area contributed by atoms with Crippen LogP contribution < -0.4 is 0 Å². The summed E-state index contributed by atoms with van der Waals surface area (Å²) < 4.78 is 5.37. The maximum atomic E-state index is 12.4. The minimum atomic E-state index is -0.491. The van der Waals surface area contributed by atoms with Gasteiger partial charge in [0.05, 0.1) is 10.6 Å². The van der Waals surface area contributed by atoms with Gasteiger partial charge in [0.25, 0.3) is 0 Å². The van der Waals surface area contributed by atoms with E-state index in [1.165, 1.54) is 12.6 Å². The van der Waals surface area contributed by atoms with Gasteiger partial charge in [0.1, 0.15) is 18.4 Å². The van der Waals surface area contributed by atoms with Crippen LogP contribution in [-0.2, 0) is 6.42 Å². The summed E-state index contributed by atoms with van der Waals surface area (Å²) in [6.45, 7) is 0. The first kappa shape index (κ1) is 15.0. The molecular weight excluding hydrogens is 320 g/mol. The zero-order valence-electron chi connectivity index (χ0n) is 11.7. The van der Waals surface area contributed by atoms with Crippen molar-refractivity contribution in [2.45, 2.75) is 6.42 Å². The van der Waals surface area contributed by atoms with Crippen molar-refractivity contribution in [2.24, 2.45) is 0 Å². The second kappa shape index (κ2) is 6.45. The van der Waals surface area contributed by atoms with E-state index in [9.17, 15) is 9.90 Å². The molecule has 0 atom stereocenters. The number of halogens is 1. The average Bonchev–Trinajstić information content (AvgIpc) is 3.18. The van der Waals surface area contributed by atoms with Gasteiger partial charge in [-0.15, -0.1) is 0 Å². The van der Waals surface area contributed by atoms with Gasteiger partial charge in [-0.1, -0.05) is 11.6 Å². The predicted molar refractivity (Wildman–Crippen MR) is 82.1 cm³/mol. The van der Waals surface area contributed by atoms with Gasteiger partial charge in [-0.2, -0.15) is 5.10 Å². The molecule has 3 heterocycles. The largest absolute Gasteiger partial charge is 0.504 e. The van der Waals surface area contributed by atoms with E-state index in [0.717, 1.165) is 11.6 Å². The van der Waals surface area contributed by atoms with E-state index in [-0.39, 0.29) is 22.2 Å². The van der Waals surface area contributed by atoms with E-state index in [2.05, 4.69) is 20.2 Å². The summed E-state index contributed by atoms with van der Waals surface area (Å²) in [4.78, 5) is 20.1. The van der Waals surface area contributed by atoms with Crippen LogP contribution in [0.5, 0.6) is 0 Å². The number of aromatic amines is 1. The molecule has 7 nitrogen and oxygen atoms in total. The number of furan rings is 1. The highest BCUT2D eigenvalue weighted by Crippen LogP contribution is 2.26. The van der Waals surface area contributed by atoms with E-state index in [1.54, 1.807) is 12.4 Å². The second-order valence-corrected chi connectivity index (χ2v) is 5.04. The van der Waals surface area contributed by atoms with Crippen LogP contribution >= 0.6 is 11.6 Å². The van der Waals surface area contributed by atoms with Gasteiger partial charge in [0, 0.05) is 24.9 Å². The van der Waals surface area contributed by atoms with Crippen LogP contribution in [0.4, 0.5) is 0 Å². The van der Waals surface area contributed by atoms with E-state index in [0.29, 0.717) is 12.2 Å². The number of hydrogen-bond acceptors (Lipinski definition) is 6. The van der Waals surface area contributed by atoms with Gasteiger partial charge in [0.15, 0.2) is 11.5 Å². The van der Waals surface area contributed by atoms with E-state index >= 15 is 0 Å². The predicted octanol–water partition coefficient (Wildman–Crippen LogP) is 2.82. The summed E-state index contributed by atoms with van der Waals surface area (Å²) in [5.41, 5.74) is 1.12. The zero-order chi connectivity index (χ0) is 16.2. The Balaban J connectivity index is 1.89. The fraction of sp³-hybridized carbons (Fsp3) is 0.0667. The highest BCUT2D eigenvalue weighted by molar-refractivity contribution is 6.34. The third kappa shape index (κ3) is 3.29. The average molecular weight is 331 g/mol. The number of aliphatic hydroxyl groups is 1. The number of pyridine rings is 1. The van der Waals surface area contributed by atoms with Gasteiger partial charge >= 0.3 is 0 Å². The number of aliphatic hydroxyl groups excluding tert-OH is 1. The molecule has 0 aliphatic carbocycles. The maximum absolute atomic E-state index is 12.4. The molecule has 0 aliphatic rings. The van der Waals surface area contributed by atoms with Crippen LogP contribution in [0.15, 0.2) is 47.6 Å². The van der Waals surface area contributed by atoms with Crippen LogP contribution in [0, 0.1) is 0 Å². The van der Waals surface area contributed by atoms with Crippen LogP contribution in [0.2, 0.25) is 5.02 Å². The van der Waals surface area contributed by atoms with Crippen molar-refractivity contribution in [2.75, 3.05) is 0 Å². The van der Waals surface area contributed by atoms with Crippen LogP contribution in [0.25, 0.3) is 5.76 Å². The number of carbonyl (C=O) groups excluding carboxylic acids is 1. The number of carbonyl (C=O) groups is 1. The molecule has 0 aromatic carbocycles. The third-order valence-electron chi connectivity index (χ3n) is 3.09. The van der Waals surface area contributed by atoms with Gasteiger partial charge < -0.3 is 9.52 Å². The Labute approximate surface area is 135 Å². The lowest BCUT2D eigenvalue weighted by molar-refractivity contribution is 0.104. The van der Waals surface area contributed by atoms with Crippen molar-refractivity contribution in [3.8, 4) is 0 Å². The standard InChI is InChI=1S/C15H11ClN4O3/c16-10-7-23-13(5-9-1-3-17-4-2-9)14(10)11(21)6-12(22)15-18-8-19-20-15/h1-4,6-8,22H,5H2,(H,18,19,20). The number of nitrogens with one attached hydrogen (secondary N) is 1. The lowest BCUT2D eigenvalue weighted by Gasteiger charge is -2.01. The number of hydrogen-bond donors (Lipinski definition) is 2. The SMILES string of the molecule is O=C(C=C(O)c1nc[nH]n1)c1c(Cl)coc1Cc1ccncc1. The summed E-state index contributed by atoms with van der Waals surface area (Å²) >= 11 is 6.04. The van der Waals surface area contributed by atoms with Gasteiger partial charge in [-0.25, -0.2) is 4.98 Å². The Bertz CT molecular complexity index is 841. The molecule has 3 aromatic rings. The highest BCUT2D eigenvalue weighted by Gasteiger charge is 2.20. The lowest BCUT2D eigenvalue weighted by Crippen LogP contribution is -2.01. The first-order valence-electron chi connectivity index (χ1n) is 6.61. The number of nitrogens with zero attached hydrogens (tertiary/aromatic N) is 3. The monoisotopic (exact) mass is 330 g/mol. The van der Waals surface area contributed by atoms with Gasteiger partial charge in [-0.05, 0) is 17.7 Å². The third-order valence-corrected chi connectivity index (χ3v) is 3.37. The summed E-state index contributed by atoms with van der Waals surface area (Å²) in [5, 5.41) is 16.2. The Hall–Kier alpha value is -2.93. The van der Waals surface area contributed by atoms with Crippen molar-refractivity contribution in [3.05, 3.63) is 70.9 Å². The molecule has 0 spiro atoms. The minimum Gasteiger partial charge on any atom is -0.504 e. The zero-order valence-corrected chi connectivity index (χ0v) is 12.5. The Kier molecular flexibility index (Phi) is 4.20. The molecule has 0 saturated heterocycles. The van der Waals surface area contributed by atoms with Gasteiger partial charge in [0.2, 0.25) is 5.82 Å². The number of H-pyrrole nitrogens is 1. The molecule has 3 rings (SSSR count). The second-order valence-electron chi connectivity index (χ2n) is 4.63. The fourth-order valence-corrected chi connectivity index (χ4v) is 2.28. The normalized spacial score (nSPS) is 11.6. The summed E-state index contributed by atoms with van der Waals surface area (Å²) in [6, 6.07) is 3.62. The Morgan fingerprint density at radius 3 is 2.87 bits per heavy atom. The van der Waals surface area contributed by atoms with E-state index < -0.39 is 5.78 Å². The number of rotatable bonds is 5. The summed E-state index contributed by atoms with van der Waals surface area (Å²) in [7, 11) is 0. The summed E-state index contributed by atoms with van der Waals surface area (Å²) in [6.07, 6.45) is 7.28. The maximum Gasteiger partial charge on any atom is 0.215 e. The smallest absolute Gasteiger partial charge is 0.215 e. The Morgan fingerprint density at radius 1 is 1.39 bits per heavy atom. The summed E-state index contributed by atoms with van der Waals surface area (Å²) in [5.74, 6) is -0.419. The quantitative estimate of drug-likeness (QED) is 0.423. The van der Waals surface area contributed by atoms with E-state index in [1.807, 2.05) is 12.1 Å². The molecular formula is C15H11ClN4O3. The molecule has 116 valence electrons. The number of ketones is 1. The Morgan fingerprint density at radius 2 is 2.17 bits per heavy atom. The van der Waals surface area contributed by atoms with Crippen molar-refractivity contribution < 1.29 is 14.3 Å². The molecule has 23 heavy (non-hydrogen) atoms. The topological polar surface area (TPSA) is 105 Å². The molecule has 2 N–H and O–H groups in total. The van der Waals surface area contributed by atoms with Crippen molar-refractivity contribution in [1.82, 2.24) is 20.2 Å². The van der Waals surface area contributed by atoms with Gasteiger partial charge in [-0.3, -0.25) is 14.9 Å². The molecule has 0 bridgehead atoms. The first-order chi connectivity index (χ1) is 11.1. The van der Waals surface area contributed by atoms with Crippen molar-refractivity contribution >= 4 is 23.1 Å². The first-order valence-corrected chi connectivity index (χ1v) is 6.99. The molecule has 0 unspecified atom stereocenters. The molecule has 8 heteroatoms. The molecule has 3 aromatic heterocycles. The molecule has 0 saturated carbocycles. The fourth-order valence-electron chi connectivity index (χ4n) is 2.04. The van der Waals surface area contributed by atoms with Crippen LogP contribution in [-0.4, -0.2) is 31.1 Å². The molecule has 0 radical (unpaired) electrons. The number of allylic oxidation sites excluding steroid dienone is 1.